The highest BCUT2D eigenvalue weighted by atomic mass is 14.8. The Hall–Kier alpha value is -0.920. The van der Waals surface area contributed by atoms with Crippen molar-refractivity contribution in [2.24, 2.45) is 0 Å². The van der Waals surface area contributed by atoms with E-state index in [-0.39, 0.29) is 0 Å². The monoisotopic (exact) mass is 120 g/mol. The summed E-state index contributed by atoms with van der Waals surface area (Å²) in [6.07, 6.45) is 8.04. The molecule has 0 atom stereocenters. The van der Waals surface area contributed by atoms with Gasteiger partial charge in [0.2, 0.25) is 0 Å². The molecule has 2 heteroatoms. The summed E-state index contributed by atoms with van der Waals surface area (Å²) in [6, 6.07) is 0. The first-order valence-corrected chi connectivity index (χ1v) is 3.22. The second-order valence-electron chi connectivity index (χ2n) is 2.45. The van der Waals surface area contributed by atoms with Gasteiger partial charge in [-0.2, -0.15) is 0 Å². The van der Waals surface area contributed by atoms with Crippen molar-refractivity contribution in [1.29, 1.82) is 0 Å². The molecule has 1 aromatic heterocycles. The van der Waals surface area contributed by atoms with Gasteiger partial charge in [-0.3, -0.25) is 0 Å². The minimum Gasteiger partial charge on any atom is -0.245 e. The zero-order valence-corrected chi connectivity index (χ0v) is 5.12. The molecule has 0 radical (unpaired) electrons. The molecule has 0 spiro atoms. The van der Waals surface area contributed by atoms with Crippen molar-refractivity contribution >= 4 is 0 Å². The predicted octanol–water partition coefficient (Wildman–Crippen LogP) is 1.35. The van der Waals surface area contributed by atoms with Gasteiger partial charge < -0.3 is 0 Å². The van der Waals surface area contributed by atoms with Crippen molar-refractivity contribution in [2.75, 3.05) is 0 Å². The zero-order chi connectivity index (χ0) is 6.10. The Morgan fingerprint density at radius 3 is 2.44 bits per heavy atom. The number of aromatic nitrogens is 2. The average molecular weight is 120 g/mol. The summed E-state index contributed by atoms with van der Waals surface area (Å²) in [5.74, 6) is 0.784. The van der Waals surface area contributed by atoms with Crippen molar-refractivity contribution in [2.45, 2.75) is 18.8 Å². The minimum atomic E-state index is 0.784. The SMILES string of the molecule is c1ncc(C2CC2)cn1. The Morgan fingerprint density at radius 2 is 1.89 bits per heavy atom. The van der Waals surface area contributed by atoms with Crippen LogP contribution in [-0.4, -0.2) is 9.97 Å². The van der Waals surface area contributed by atoms with E-state index < -0.39 is 0 Å². The van der Waals surface area contributed by atoms with E-state index in [4.69, 9.17) is 0 Å². The molecule has 1 heterocycles. The molecule has 1 fully saturated rings. The van der Waals surface area contributed by atoms with Crippen molar-refractivity contribution in [3.8, 4) is 0 Å². The van der Waals surface area contributed by atoms with Gasteiger partial charge in [0.1, 0.15) is 6.33 Å². The fourth-order valence-electron chi connectivity index (χ4n) is 0.938. The molecular weight excluding hydrogens is 112 g/mol. The third-order valence-corrected chi connectivity index (χ3v) is 1.63. The lowest BCUT2D eigenvalue weighted by Gasteiger charge is -1.90. The maximum absolute atomic E-state index is 3.93. The molecule has 0 aliphatic heterocycles. The highest BCUT2D eigenvalue weighted by Gasteiger charge is 2.23. The molecule has 0 bridgehead atoms. The van der Waals surface area contributed by atoms with E-state index in [1.54, 1.807) is 6.33 Å². The van der Waals surface area contributed by atoms with Gasteiger partial charge in [-0.25, -0.2) is 9.97 Å². The van der Waals surface area contributed by atoms with E-state index in [1.165, 1.54) is 18.4 Å². The molecule has 2 nitrogen and oxygen atoms in total. The molecular formula is C7H8N2. The maximum atomic E-state index is 3.93. The van der Waals surface area contributed by atoms with Crippen LogP contribution in [0.3, 0.4) is 0 Å². The molecule has 1 aliphatic rings. The highest BCUT2D eigenvalue weighted by molar-refractivity contribution is 5.15. The number of hydrogen-bond acceptors (Lipinski definition) is 2. The topological polar surface area (TPSA) is 25.8 Å². The van der Waals surface area contributed by atoms with Crippen LogP contribution >= 0.6 is 0 Å². The van der Waals surface area contributed by atoms with Gasteiger partial charge in [0.15, 0.2) is 0 Å². The highest BCUT2D eigenvalue weighted by Crippen LogP contribution is 2.38. The van der Waals surface area contributed by atoms with Crippen LogP contribution in [-0.2, 0) is 0 Å². The Kier molecular flexibility index (Phi) is 0.979. The molecule has 0 aromatic carbocycles. The summed E-state index contributed by atoms with van der Waals surface area (Å²) in [6.45, 7) is 0. The van der Waals surface area contributed by atoms with E-state index in [0.717, 1.165) is 5.92 Å². The molecule has 1 aliphatic carbocycles. The van der Waals surface area contributed by atoms with Crippen LogP contribution in [0.2, 0.25) is 0 Å². The van der Waals surface area contributed by atoms with Crippen LogP contribution in [0.4, 0.5) is 0 Å². The molecule has 1 saturated carbocycles. The number of hydrogen-bond donors (Lipinski definition) is 0. The van der Waals surface area contributed by atoms with Crippen LogP contribution in [0.25, 0.3) is 0 Å². The van der Waals surface area contributed by atoms with Crippen LogP contribution in [0, 0.1) is 0 Å². The van der Waals surface area contributed by atoms with Gasteiger partial charge in [0.05, 0.1) is 0 Å². The first kappa shape index (κ1) is 4.91. The predicted molar refractivity (Wildman–Crippen MR) is 34.0 cm³/mol. The standard InChI is InChI=1S/C7H8N2/c1-2-6(1)7-3-8-5-9-4-7/h3-6H,1-2H2. The van der Waals surface area contributed by atoms with Gasteiger partial charge in [0.25, 0.3) is 0 Å². The zero-order valence-electron chi connectivity index (χ0n) is 5.12. The Labute approximate surface area is 54.0 Å². The first-order valence-electron chi connectivity index (χ1n) is 3.22. The lowest BCUT2D eigenvalue weighted by Crippen LogP contribution is -1.81. The molecule has 0 unspecified atom stereocenters. The second kappa shape index (κ2) is 1.79. The number of nitrogens with zero attached hydrogens (tertiary/aromatic N) is 2. The maximum Gasteiger partial charge on any atom is 0.115 e. The fourth-order valence-corrected chi connectivity index (χ4v) is 0.938. The van der Waals surface area contributed by atoms with E-state index in [0.29, 0.717) is 0 Å². The van der Waals surface area contributed by atoms with E-state index in [2.05, 4.69) is 9.97 Å². The van der Waals surface area contributed by atoms with Crippen LogP contribution < -0.4 is 0 Å². The van der Waals surface area contributed by atoms with Gasteiger partial charge >= 0.3 is 0 Å². The Morgan fingerprint density at radius 1 is 1.22 bits per heavy atom. The van der Waals surface area contributed by atoms with Crippen molar-refractivity contribution in [3.05, 3.63) is 24.3 Å². The summed E-state index contributed by atoms with van der Waals surface area (Å²) in [4.78, 5) is 7.87. The van der Waals surface area contributed by atoms with Gasteiger partial charge in [0, 0.05) is 12.4 Å². The largest absolute Gasteiger partial charge is 0.245 e. The molecule has 0 amide bonds. The summed E-state index contributed by atoms with van der Waals surface area (Å²) in [7, 11) is 0. The van der Waals surface area contributed by atoms with Crippen molar-refractivity contribution < 1.29 is 0 Å². The van der Waals surface area contributed by atoms with Crippen LogP contribution in [0.5, 0.6) is 0 Å². The molecule has 46 valence electrons. The van der Waals surface area contributed by atoms with Gasteiger partial charge in [-0.1, -0.05) is 0 Å². The van der Waals surface area contributed by atoms with Gasteiger partial charge in [-0.15, -0.1) is 0 Å². The quantitative estimate of drug-likeness (QED) is 0.559. The molecule has 1 aromatic rings. The smallest absolute Gasteiger partial charge is 0.115 e. The van der Waals surface area contributed by atoms with Gasteiger partial charge in [-0.05, 0) is 24.3 Å². The summed E-state index contributed by atoms with van der Waals surface area (Å²) >= 11 is 0. The summed E-state index contributed by atoms with van der Waals surface area (Å²) < 4.78 is 0. The van der Waals surface area contributed by atoms with E-state index >= 15 is 0 Å². The summed E-state index contributed by atoms with van der Waals surface area (Å²) in [5, 5.41) is 0. The van der Waals surface area contributed by atoms with E-state index in [9.17, 15) is 0 Å². The average Bonchev–Trinajstić information content (AvgIpc) is 2.71. The van der Waals surface area contributed by atoms with Crippen LogP contribution in [0.1, 0.15) is 24.3 Å². The third-order valence-electron chi connectivity index (χ3n) is 1.63. The Bertz CT molecular complexity index is 191. The molecule has 9 heavy (non-hydrogen) atoms. The van der Waals surface area contributed by atoms with Crippen molar-refractivity contribution in [3.63, 3.8) is 0 Å². The Balaban J connectivity index is 2.29. The third kappa shape index (κ3) is 0.922. The minimum absolute atomic E-state index is 0.784. The lowest BCUT2D eigenvalue weighted by atomic mass is 10.2. The normalized spacial score (nSPS) is 17.8. The first-order chi connectivity index (χ1) is 4.47. The van der Waals surface area contributed by atoms with Crippen LogP contribution in [0.15, 0.2) is 18.7 Å². The number of rotatable bonds is 1. The molecule has 0 saturated heterocycles. The fraction of sp³-hybridized carbons (Fsp3) is 0.429. The van der Waals surface area contributed by atoms with E-state index in [1.807, 2.05) is 12.4 Å². The molecule has 0 N–H and O–H groups in total. The second-order valence-corrected chi connectivity index (χ2v) is 2.45. The van der Waals surface area contributed by atoms with Crippen molar-refractivity contribution in [1.82, 2.24) is 9.97 Å². The molecule has 2 rings (SSSR count). The summed E-state index contributed by atoms with van der Waals surface area (Å²) in [5.41, 5.74) is 1.30. The lowest BCUT2D eigenvalue weighted by molar-refractivity contribution is 1.03.